The van der Waals surface area contributed by atoms with Crippen molar-refractivity contribution in [1.82, 2.24) is 9.97 Å². The molecule has 1 aromatic carbocycles. The molecule has 4 rings (SSSR count). The van der Waals surface area contributed by atoms with Crippen LogP contribution in [0.5, 0.6) is 5.75 Å². The van der Waals surface area contributed by atoms with Crippen LogP contribution in [0.4, 0.5) is 24.7 Å². The molecule has 37 heavy (non-hydrogen) atoms. The van der Waals surface area contributed by atoms with Crippen molar-refractivity contribution in [3.05, 3.63) is 75.2 Å². The van der Waals surface area contributed by atoms with Crippen molar-refractivity contribution in [3.63, 3.8) is 0 Å². The molecule has 0 aliphatic carbocycles. The number of anilines is 2. The van der Waals surface area contributed by atoms with Gasteiger partial charge in [-0.2, -0.15) is 18.4 Å². The Hall–Kier alpha value is -3.59. The maximum atomic E-state index is 12.6. The van der Waals surface area contributed by atoms with Gasteiger partial charge in [-0.1, -0.05) is 23.2 Å². The number of alkyl halides is 3. The van der Waals surface area contributed by atoms with Gasteiger partial charge in [0.25, 0.3) is 0 Å². The zero-order valence-corrected chi connectivity index (χ0v) is 20.6. The van der Waals surface area contributed by atoms with Crippen molar-refractivity contribution in [2.75, 3.05) is 23.7 Å². The minimum atomic E-state index is -4.24. The molecule has 0 bridgehead atoms. The molecule has 1 aliphatic rings. The number of nitrogens with two attached hydrogens (primary N) is 2. The van der Waals surface area contributed by atoms with Crippen LogP contribution < -0.4 is 21.1 Å². The van der Waals surface area contributed by atoms with Gasteiger partial charge in [0.05, 0.1) is 21.3 Å². The molecule has 5 N–H and O–H groups in total. The zero-order chi connectivity index (χ0) is 26.9. The molecular formula is C24H20Cl2F3N7O. The average molecular weight is 550 g/mol. The van der Waals surface area contributed by atoms with Crippen LogP contribution in [0.3, 0.4) is 0 Å². The summed E-state index contributed by atoms with van der Waals surface area (Å²) < 4.78 is 43.6. The van der Waals surface area contributed by atoms with Crippen molar-refractivity contribution in [2.45, 2.75) is 18.8 Å². The smallest absolute Gasteiger partial charge is 0.389 e. The number of aromatic nitrogens is 2. The van der Waals surface area contributed by atoms with Gasteiger partial charge in [0, 0.05) is 66.4 Å². The van der Waals surface area contributed by atoms with Crippen LogP contribution in [-0.4, -0.2) is 34.9 Å². The number of nitriles is 1. The van der Waals surface area contributed by atoms with Crippen molar-refractivity contribution < 1.29 is 17.9 Å². The lowest BCUT2D eigenvalue weighted by Gasteiger charge is -2.40. The van der Waals surface area contributed by atoms with Gasteiger partial charge in [0.1, 0.15) is 17.6 Å². The minimum absolute atomic E-state index is 0.0365. The molecule has 8 nitrogen and oxygen atoms in total. The first-order valence-corrected chi connectivity index (χ1v) is 11.6. The average Bonchev–Trinajstić information content (AvgIpc) is 2.81. The molecule has 2 aromatic heterocycles. The summed E-state index contributed by atoms with van der Waals surface area (Å²) in [4.78, 5) is 9.75. The molecule has 1 aliphatic heterocycles. The van der Waals surface area contributed by atoms with Crippen LogP contribution in [0.15, 0.2) is 42.9 Å². The summed E-state index contributed by atoms with van der Waals surface area (Å²) in [5.74, 6) is 0.0171. The lowest BCUT2D eigenvalue weighted by molar-refractivity contribution is -0.146. The van der Waals surface area contributed by atoms with Crippen molar-refractivity contribution in [3.8, 4) is 11.8 Å². The Morgan fingerprint density at radius 2 is 1.89 bits per heavy atom. The van der Waals surface area contributed by atoms with E-state index in [9.17, 15) is 18.4 Å². The van der Waals surface area contributed by atoms with E-state index < -0.39 is 24.7 Å². The van der Waals surface area contributed by atoms with Crippen LogP contribution in [0.25, 0.3) is 0 Å². The normalized spacial score (nSPS) is 14.6. The van der Waals surface area contributed by atoms with Crippen molar-refractivity contribution in [2.24, 2.45) is 11.7 Å². The SMILES string of the molecule is N#Cc1cc(C(=N)c2cc(O[C@H](N)c3c(Cl)cncc3Cl)ccc2N)cnc1N1CC(CC(F)(F)F)C1. The third-order valence-electron chi connectivity index (χ3n) is 5.78. The molecule has 3 heterocycles. The quantitative estimate of drug-likeness (QED) is 0.212. The van der Waals surface area contributed by atoms with Crippen molar-refractivity contribution >= 4 is 40.4 Å². The highest BCUT2D eigenvalue weighted by Gasteiger charge is 2.39. The first-order valence-electron chi connectivity index (χ1n) is 10.9. The largest absolute Gasteiger partial charge is 0.471 e. The standard InChI is InChI=1S/C24H20Cl2F3N7O/c25-17-8-34-9-18(26)20(17)22(33)37-15-1-2-19(31)16(4-15)21(32)14-3-13(6-30)23(35-7-14)36-10-12(11-36)5-24(27,28)29/h1-4,7-9,12,22,32H,5,10-11,31,33H2/t22-/m0/s1. The van der Waals surface area contributed by atoms with Gasteiger partial charge >= 0.3 is 6.18 Å². The number of pyridine rings is 2. The molecule has 192 valence electrons. The molecule has 0 spiro atoms. The van der Waals surface area contributed by atoms with Crippen LogP contribution in [0.1, 0.15) is 34.9 Å². The van der Waals surface area contributed by atoms with Gasteiger partial charge in [0.2, 0.25) is 0 Å². The third-order valence-corrected chi connectivity index (χ3v) is 6.39. The second-order valence-corrected chi connectivity index (χ2v) is 9.29. The van der Waals surface area contributed by atoms with E-state index in [1.807, 2.05) is 6.07 Å². The molecule has 0 saturated carbocycles. The van der Waals surface area contributed by atoms with Gasteiger partial charge in [0.15, 0.2) is 6.23 Å². The molecule has 1 fully saturated rings. The number of rotatable bonds is 7. The Morgan fingerprint density at radius 3 is 2.51 bits per heavy atom. The minimum Gasteiger partial charge on any atom is -0.471 e. The van der Waals surface area contributed by atoms with Crippen LogP contribution in [-0.2, 0) is 0 Å². The van der Waals surface area contributed by atoms with E-state index in [1.165, 1.54) is 36.8 Å². The number of hydrogen-bond donors (Lipinski definition) is 3. The van der Waals surface area contributed by atoms with Gasteiger partial charge in [-0.3, -0.25) is 16.1 Å². The van der Waals surface area contributed by atoms with Crippen LogP contribution in [0.2, 0.25) is 10.0 Å². The number of nitrogens with one attached hydrogen (secondary N) is 1. The molecule has 13 heteroatoms. The second-order valence-electron chi connectivity index (χ2n) is 8.48. The monoisotopic (exact) mass is 549 g/mol. The number of nitrogen functional groups attached to an aromatic ring is 1. The maximum Gasteiger partial charge on any atom is 0.389 e. The highest BCUT2D eigenvalue weighted by molar-refractivity contribution is 6.35. The lowest BCUT2D eigenvalue weighted by atomic mass is 9.95. The number of ether oxygens (including phenoxy) is 1. The fraction of sp³-hybridized carbons (Fsp3) is 0.250. The van der Waals surface area contributed by atoms with E-state index in [0.717, 1.165) is 0 Å². The highest BCUT2D eigenvalue weighted by Crippen LogP contribution is 2.35. The number of hydrogen-bond acceptors (Lipinski definition) is 8. The predicted octanol–water partition coefficient (Wildman–Crippen LogP) is 5.08. The van der Waals surface area contributed by atoms with Crippen LogP contribution in [0, 0.1) is 22.7 Å². The molecule has 0 radical (unpaired) electrons. The molecule has 1 saturated heterocycles. The van der Waals surface area contributed by atoms with Gasteiger partial charge in [-0.25, -0.2) is 4.98 Å². The van der Waals surface area contributed by atoms with E-state index in [1.54, 1.807) is 11.0 Å². The summed E-state index contributed by atoms with van der Waals surface area (Å²) in [7, 11) is 0. The highest BCUT2D eigenvalue weighted by atomic mass is 35.5. The predicted molar refractivity (Wildman–Crippen MR) is 134 cm³/mol. The molecule has 0 amide bonds. The molecule has 3 aromatic rings. The number of halogens is 5. The van der Waals surface area contributed by atoms with E-state index in [4.69, 9.17) is 44.8 Å². The van der Waals surface area contributed by atoms with Gasteiger partial charge in [-0.15, -0.1) is 0 Å². The van der Waals surface area contributed by atoms with Gasteiger partial charge < -0.3 is 15.4 Å². The summed E-state index contributed by atoms with van der Waals surface area (Å²) in [5.41, 5.74) is 13.5. The van der Waals surface area contributed by atoms with E-state index >= 15 is 0 Å². The Kier molecular flexibility index (Phi) is 7.45. The first-order chi connectivity index (χ1) is 17.5. The Morgan fingerprint density at radius 1 is 1.22 bits per heavy atom. The Labute approximate surface area is 220 Å². The Bertz CT molecular complexity index is 1370. The summed E-state index contributed by atoms with van der Waals surface area (Å²) >= 11 is 12.3. The summed E-state index contributed by atoms with van der Waals surface area (Å²) in [6.45, 7) is 0.298. The van der Waals surface area contributed by atoms with Crippen LogP contribution >= 0.6 is 23.2 Å². The van der Waals surface area contributed by atoms with Gasteiger partial charge in [-0.05, 0) is 24.3 Å². The second kappa shape index (κ2) is 10.4. The Balaban J connectivity index is 1.53. The molecule has 0 unspecified atom stereocenters. The van der Waals surface area contributed by atoms with E-state index in [2.05, 4.69) is 9.97 Å². The third kappa shape index (κ3) is 5.88. The number of benzene rings is 1. The number of nitrogens with zero attached hydrogens (tertiary/aromatic N) is 4. The lowest BCUT2D eigenvalue weighted by Crippen LogP contribution is -2.49. The zero-order valence-electron chi connectivity index (χ0n) is 19.1. The van der Waals surface area contributed by atoms with Crippen molar-refractivity contribution in [1.29, 1.82) is 10.7 Å². The van der Waals surface area contributed by atoms with E-state index in [0.29, 0.717) is 16.7 Å². The summed E-state index contributed by atoms with van der Waals surface area (Å²) in [6, 6.07) is 8.08. The first kappa shape index (κ1) is 26.5. The summed E-state index contributed by atoms with van der Waals surface area (Å²) in [6.07, 6.45) is -2.00. The maximum absolute atomic E-state index is 12.6. The van der Waals surface area contributed by atoms with E-state index in [-0.39, 0.29) is 51.7 Å². The fourth-order valence-electron chi connectivity index (χ4n) is 4.01. The fourth-order valence-corrected chi connectivity index (χ4v) is 4.59. The topological polar surface area (TPSA) is 138 Å². The molecular weight excluding hydrogens is 530 g/mol. The molecule has 1 atom stereocenters. The summed E-state index contributed by atoms with van der Waals surface area (Å²) in [5, 5.41) is 18.7.